The van der Waals surface area contributed by atoms with Crippen molar-refractivity contribution in [2.45, 2.75) is 25.0 Å². The summed E-state index contributed by atoms with van der Waals surface area (Å²) in [6, 6.07) is 0. The summed E-state index contributed by atoms with van der Waals surface area (Å²) in [6.07, 6.45) is 5.01. The summed E-state index contributed by atoms with van der Waals surface area (Å²) < 4.78 is 7.36. The van der Waals surface area contributed by atoms with Gasteiger partial charge in [0.2, 0.25) is 0 Å². The summed E-state index contributed by atoms with van der Waals surface area (Å²) in [5.41, 5.74) is -0.246. The van der Waals surface area contributed by atoms with Gasteiger partial charge in [0.25, 0.3) is 0 Å². The topological polar surface area (TPSA) is 72.3 Å². The van der Waals surface area contributed by atoms with Gasteiger partial charge in [-0.25, -0.2) is 4.79 Å². The van der Waals surface area contributed by atoms with Gasteiger partial charge in [-0.15, -0.1) is 10.2 Å². The molecule has 0 aromatic carbocycles. The van der Waals surface area contributed by atoms with Crippen LogP contribution in [-0.4, -0.2) is 57.5 Å². The third-order valence-corrected chi connectivity index (χ3v) is 3.77. The van der Waals surface area contributed by atoms with Gasteiger partial charge in [0, 0.05) is 39.0 Å². The number of alkyl carbamates (subject to hydrolysis) is 1. The number of ether oxygens (including phenoxy) is 1. The van der Waals surface area contributed by atoms with Crippen molar-refractivity contribution in [2.24, 2.45) is 0 Å². The molecule has 98 valence electrons. The fourth-order valence-electron chi connectivity index (χ4n) is 2.56. The molecule has 7 heteroatoms. The lowest BCUT2D eigenvalue weighted by atomic mass is 9.92. The highest BCUT2D eigenvalue weighted by molar-refractivity contribution is 5.70. The first-order valence-electron chi connectivity index (χ1n) is 6.27. The molecule has 3 heterocycles. The summed E-state index contributed by atoms with van der Waals surface area (Å²) in [5.74, 6) is 0. The van der Waals surface area contributed by atoms with Gasteiger partial charge in [0.05, 0.1) is 6.54 Å². The quantitative estimate of drug-likeness (QED) is 0.809. The maximum atomic E-state index is 11.1. The number of amides is 1. The molecule has 7 nitrogen and oxygen atoms in total. The number of carbonyl (C=O) groups excluding carboxylic acids is 1. The Morgan fingerprint density at radius 3 is 2.61 bits per heavy atom. The van der Waals surface area contributed by atoms with Crippen LogP contribution in [0.15, 0.2) is 12.7 Å². The molecule has 0 aliphatic carbocycles. The first kappa shape index (κ1) is 11.5. The Labute approximate surface area is 105 Å². The summed E-state index contributed by atoms with van der Waals surface area (Å²) in [6.45, 7) is 4.48. The van der Waals surface area contributed by atoms with Crippen LogP contribution in [0.2, 0.25) is 0 Å². The molecule has 1 aromatic heterocycles. The molecule has 1 N–H and O–H groups in total. The Morgan fingerprint density at radius 2 is 2.00 bits per heavy atom. The van der Waals surface area contributed by atoms with Crippen molar-refractivity contribution in [3.8, 4) is 0 Å². The molecule has 2 fully saturated rings. The van der Waals surface area contributed by atoms with Gasteiger partial charge in [-0.2, -0.15) is 0 Å². The molecule has 3 rings (SSSR count). The lowest BCUT2D eigenvalue weighted by Crippen LogP contribution is -2.47. The van der Waals surface area contributed by atoms with Gasteiger partial charge in [-0.05, 0) is 0 Å². The Hall–Kier alpha value is -1.63. The standard InChI is InChI=1S/C11H17N5O2/c17-10-12-7-11(18-10)1-3-15(4-2-11)5-6-16-8-13-14-9-16/h8-9H,1-7H2,(H,12,17). The van der Waals surface area contributed by atoms with E-state index in [2.05, 4.69) is 20.4 Å². The lowest BCUT2D eigenvalue weighted by Gasteiger charge is -2.37. The van der Waals surface area contributed by atoms with E-state index in [0.29, 0.717) is 6.54 Å². The van der Waals surface area contributed by atoms with Crippen LogP contribution in [0.1, 0.15) is 12.8 Å². The minimum Gasteiger partial charge on any atom is -0.441 e. The molecule has 18 heavy (non-hydrogen) atoms. The Morgan fingerprint density at radius 1 is 1.28 bits per heavy atom. The predicted octanol–water partition coefficient (Wildman–Crippen LogP) is -0.148. The van der Waals surface area contributed by atoms with E-state index in [0.717, 1.165) is 39.0 Å². The SMILES string of the molecule is O=C1NCC2(CCN(CCn3cnnc3)CC2)O1. The van der Waals surface area contributed by atoms with Gasteiger partial charge in [-0.1, -0.05) is 0 Å². The molecule has 0 unspecified atom stereocenters. The minimum absolute atomic E-state index is 0.246. The van der Waals surface area contributed by atoms with Crippen LogP contribution in [0.5, 0.6) is 0 Å². The lowest BCUT2D eigenvalue weighted by molar-refractivity contribution is 0.000283. The van der Waals surface area contributed by atoms with Crippen molar-refractivity contribution in [1.82, 2.24) is 25.0 Å². The van der Waals surface area contributed by atoms with E-state index in [1.54, 1.807) is 12.7 Å². The predicted molar refractivity (Wildman–Crippen MR) is 62.9 cm³/mol. The number of nitrogens with zero attached hydrogens (tertiary/aromatic N) is 4. The first-order chi connectivity index (χ1) is 8.76. The van der Waals surface area contributed by atoms with Gasteiger partial charge in [0.1, 0.15) is 18.3 Å². The Bertz CT molecular complexity index is 411. The summed E-state index contributed by atoms with van der Waals surface area (Å²) in [7, 11) is 0. The smallest absolute Gasteiger partial charge is 0.407 e. The summed E-state index contributed by atoms with van der Waals surface area (Å²) >= 11 is 0. The Kier molecular flexibility index (Phi) is 2.91. The molecule has 2 aliphatic rings. The third kappa shape index (κ3) is 2.31. The van der Waals surface area contributed by atoms with Crippen molar-refractivity contribution < 1.29 is 9.53 Å². The maximum Gasteiger partial charge on any atom is 0.407 e. The molecule has 1 aromatic rings. The number of carbonyl (C=O) groups is 1. The number of hydrogen-bond donors (Lipinski definition) is 1. The first-order valence-corrected chi connectivity index (χ1v) is 6.27. The van der Waals surface area contributed by atoms with E-state index in [4.69, 9.17) is 4.74 Å². The second kappa shape index (κ2) is 4.56. The zero-order valence-electron chi connectivity index (χ0n) is 10.2. The van der Waals surface area contributed by atoms with Crippen molar-refractivity contribution in [3.05, 3.63) is 12.7 Å². The Balaban J connectivity index is 1.47. The van der Waals surface area contributed by atoms with E-state index >= 15 is 0 Å². The van der Waals surface area contributed by atoms with Crippen molar-refractivity contribution in [2.75, 3.05) is 26.2 Å². The molecule has 1 spiro atoms. The highest BCUT2D eigenvalue weighted by Gasteiger charge is 2.42. The zero-order chi connectivity index (χ0) is 12.4. The van der Waals surface area contributed by atoms with E-state index in [1.165, 1.54) is 0 Å². The van der Waals surface area contributed by atoms with Gasteiger partial charge in [0.15, 0.2) is 0 Å². The zero-order valence-corrected chi connectivity index (χ0v) is 10.2. The van der Waals surface area contributed by atoms with Crippen LogP contribution in [0.4, 0.5) is 4.79 Å². The number of aromatic nitrogens is 3. The van der Waals surface area contributed by atoms with E-state index in [9.17, 15) is 4.79 Å². The van der Waals surface area contributed by atoms with Crippen LogP contribution in [0.25, 0.3) is 0 Å². The molecular formula is C11H17N5O2. The molecule has 1 amide bonds. The van der Waals surface area contributed by atoms with Crippen molar-refractivity contribution >= 4 is 6.09 Å². The molecule has 2 saturated heterocycles. The van der Waals surface area contributed by atoms with Crippen LogP contribution in [0.3, 0.4) is 0 Å². The van der Waals surface area contributed by atoms with Crippen LogP contribution >= 0.6 is 0 Å². The van der Waals surface area contributed by atoms with E-state index < -0.39 is 0 Å². The number of piperidine rings is 1. The molecule has 2 aliphatic heterocycles. The molecule has 0 bridgehead atoms. The molecule has 0 atom stereocenters. The average molecular weight is 251 g/mol. The van der Waals surface area contributed by atoms with Crippen molar-refractivity contribution in [1.29, 1.82) is 0 Å². The monoisotopic (exact) mass is 251 g/mol. The van der Waals surface area contributed by atoms with Gasteiger partial charge >= 0.3 is 6.09 Å². The van der Waals surface area contributed by atoms with Crippen LogP contribution in [0, 0.1) is 0 Å². The normalized spacial score (nSPS) is 23.0. The molecular weight excluding hydrogens is 234 g/mol. The fourth-order valence-corrected chi connectivity index (χ4v) is 2.56. The second-order valence-electron chi connectivity index (χ2n) is 4.97. The third-order valence-electron chi connectivity index (χ3n) is 3.77. The second-order valence-corrected chi connectivity index (χ2v) is 4.97. The molecule has 0 saturated carbocycles. The van der Waals surface area contributed by atoms with E-state index in [-0.39, 0.29) is 11.7 Å². The average Bonchev–Trinajstić information content (AvgIpc) is 3.00. The summed E-state index contributed by atoms with van der Waals surface area (Å²) in [4.78, 5) is 13.5. The minimum atomic E-state index is -0.270. The van der Waals surface area contributed by atoms with Gasteiger partial charge in [-0.3, -0.25) is 0 Å². The van der Waals surface area contributed by atoms with E-state index in [1.807, 2.05) is 4.57 Å². The molecule has 0 radical (unpaired) electrons. The number of hydrogen-bond acceptors (Lipinski definition) is 5. The van der Waals surface area contributed by atoms with Crippen LogP contribution < -0.4 is 5.32 Å². The fraction of sp³-hybridized carbons (Fsp3) is 0.727. The number of rotatable bonds is 3. The maximum absolute atomic E-state index is 11.1. The largest absolute Gasteiger partial charge is 0.441 e. The number of likely N-dealkylation sites (tertiary alicyclic amines) is 1. The highest BCUT2D eigenvalue weighted by atomic mass is 16.6. The summed E-state index contributed by atoms with van der Waals surface area (Å²) in [5, 5.41) is 10.3. The van der Waals surface area contributed by atoms with Crippen molar-refractivity contribution in [3.63, 3.8) is 0 Å². The highest BCUT2D eigenvalue weighted by Crippen LogP contribution is 2.28. The number of nitrogens with one attached hydrogen (secondary N) is 1. The van der Waals surface area contributed by atoms with Crippen LogP contribution in [-0.2, 0) is 11.3 Å². The van der Waals surface area contributed by atoms with Gasteiger partial charge < -0.3 is 19.5 Å².